The molecule has 1 aromatic carbocycles. The van der Waals surface area contributed by atoms with Crippen molar-refractivity contribution in [2.45, 2.75) is 32.0 Å². The SMILES string of the molecule is O=C(CCC1NC(=O)N(Cc2ccccc2)C1=O)NCc1cccnc1. The number of rotatable bonds is 7. The first-order valence-electron chi connectivity index (χ1n) is 8.45. The summed E-state index contributed by atoms with van der Waals surface area (Å²) in [6.45, 7) is 0.618. The lowest BCUT2D eigenvalue weighted by Gasteiger charge is -2.13. The van der Waals surface area contributed by atoms with Gasteiger partial charge in [-0.1, -0.05) is 36.4 Å². The topological polar surface area (TPSA) is 91.4 Å². The summed E-state index contributed by atoms with van der Waals surface area (Å²) in [5.74, 6) is -0.462. The molecule has 2 heterocycles. The minimum Gasteiger partial charge on any atom is -0.352 e. The van der Waals surface area contributed by atoms with Crippen LogP contribution in [-0.2, 0) is 22.7 Å². The molecule has 7 heteroatoms. The first-order valence-corrected chi connectivity index (χ1v) is 8.45. The number of hydrogen-bond acceptors (Lipinski definition) is 4. The second-order valence-corrected chi connectivity index (χ2v) is 6.09. The van der Waals surface area contributed by atoms with E-state index in [0.717, 1.165) is 11.1 Å². The van der Waals surface area contributed by atoms with Gasteiger partial charge in [-0.15, -0.1) is 0 Å². The van der Waals surface area contributed by atoms with Gasteiger partial charge in [0.15, 0.2) is 0 Å². The molecule has 1 aliphatic heterocycles. The van der Waals surface area contributed by atoms with Crippen LogP contribution in [0.25, 0.3) is 0 Å². The van der Waals surface area contributed by atoms with Crippen LogP contribution < -0.4 is 10.6 Å². The minimum atomic E-state index is -0.657. The van der Waals surface area contributed by atoms with Gasteiger partial charge in [0, 0.05) is 25.4 Å². The van der Waals surface area contributed by atoms with Gasteiger partial charge in [0.1, 0.15) is 6.04 Å². The van der Waals surface area contributed by atoms with Crippen LogP contribution in [0.1, 0.15) is 24.0 Å². The summed E-state index contributed by atoms with van der Waals surface area (Å²) in [6.07, 6.45) is 3.79. The van der Waals surface area contributed by atoms with Crippen molar-refractivity contribution in [2.24, 2.45) is 0 Å². The lowest BCUT2D eigenvalue weighted by Crippen LogP contribution is -2.32. The molecule has 3 rings (SSSR count). The van der Waals surface area contributed by atoms with E-state index in [1.54, 1.807) is 18.5 Å². The number of urea groups is 1. The monoisotopic (exact) mass is 352 g/mol. The molecule has 1 aromatic heterocycles. The Bertz CT molecular complexity index is 780. The molecule has 7 nitrogen and oxygen atoms in total. The van der Waals surface area contributed by atoms with E-state index in [9.17, 15) is 14.4 Å². The van der Waals surface area contributed by atoms with Crippen LogP contribution in [0.4, 0.5) is 4.79 Å². The third-order valence-corrected chi connectivity index (χ3v) is 4.16. The fraction of sp³-hybridized carbons (Fsp3) is 0.263. The van der Waals surface area contributed by atoms with Crippen LogP contribution in [-0.4, -0.2) is 33.8 Å². The van der Waals surface area contributed by atoms with Crippen molar-refractivity contribution in [2.75, 3.05) is 0 Å². The Morgan fingerprint density at radius 1 is 1.12 bits per heavy atom. The zero-order chi connectivity index (χ0) is 18.4. The Hall–Kier alpha value is -3.22. The largest absolute Gasteiger partial charge is 0.352 e. The lowest BCUT2D eigenvalue weighted by molar-refractivity contribution is -0.128. The van der Waals surface area contributed by atoms with E-state index in [0.29, 0.717) is 6.54 Å². The number of nitrogens with one attached hydrogen (secondary N) is 2. The molecule has 1 aliphatic rings. The van der Waals surface area contributed by atoms with E-state index < -0.39 is 12.1 Å². The van der Waals surface area contributed by atoms with Crippen molar-refractivity contribution < 1.29 is 14.4 Å². The highest BCUT2D eigenvalue weighted by Crippen LogP contribution is 2.15. The standard InChI is InChI=1S/C19H20N4O3/c24-17(21-12-15-7-4-10-20-11-15)9-8-16-18(25)23(19(26)22-16)13-14-5-2-1-3-6-14/h1-7,10-11,16H,8-9,12-13H2,(H,21,24)(H,22,26). The van der Waals surface area contributed by atoms with Gasteiger partial charge in [-0.2, -0.15) is 0 Å². The van der Waals surface area contributed by atoms with E-state index >= 15 is 0 Å². The summed E-state index contributed by atoms with van der Waals surface area (Å²) < 4.78 is 0. The number of carbonyl (C=O) groups excluding carboxylic acids is 3. The average Bonchev–Trinajstić information content (AvgIpc) is 2.94. The smallest absolute Gasteiger partial charge is 0.325 e. The summed E-state index contributed by atoms with van der Waals surface area (Å²) in [4.78, 5) is 41.6. The molecule has 1 fully saturated rings. The summed E-state index contributed by atoms with van der Waals surface area (Å²) in [6, 6.07) is 11.9. The van der Waals surface area contributed by atoms with Gasteiger partial charge in [0.25, 0.3) is 5.91 Å². The van der Waals surface area contributed by atoms with Crippen molar-refractivity contribution in [3.63, 3.8) is 0 Å². The molecule has 2 N–H and O–H groups in total. The average molecular weight is 352 g/mol. The number of amides is 4. The Kier molecular flexibility index (Phi) is 5.58. The number of aromatic nitrogens is 1. The quantitative estimate of drug-likeness (QED) is 0.741. The molecule has 1 atom stereocenters. The Balaban J connectivity index is 1.47. The van der Waals surface area contributed by atoms with Crippen LogP contribution in [0.3, 0.4) is 0 Å². The van der Waals surface area contributed by atoms with Gasteiger partial charge in [-0.25, -0.2) is 4.79 Å². The van der Waals surface area contributed by atoms with Crippen LogP contribution in [0.2, 0.25) is 0 Å². The van der Waals surface area contributed by atoms with Crippen LogP contribution in [0.5, 0.6) is 0 Å². The number of benzene rings is 1. The molecule has 0 radical (unpaired) electrons. The first kappa shape index (κ1) is 17.6. The maximum Gasteiger partial charge on any atom is 0.325 e. The molecule has 0 spiro atoms. The number of nitrogens with zero attached hydrogens (tertiary/aromatic N) is 2. The molecule has 0 saturated carbocycles. The maximum absolute atomic E-state index is 12.4. The number of carbonyl (C=O) groups is 3. The Morgan fingerprint density at radius 3 is 2.62 bits per heavy atom. The maximum atomic E-state index is 12.4. The molecule has 0 aliphatic carbocycles. The van der Waals surface area contributed by atoms with E-state index in [1.807, 2.05) is 36.4 Å². The molecule has 1 saturated heterocycles. The van der Waals surface area contributed by atoms with E-state index in [4.69, 9.17) is 0 Å². The molecule has 0 bridgehead atoms. The Labute approximate surface area is 151 Å². The fourth-order valence-electron chi connectivity index (χ4n) is 2.76. The highest BCUT2D eigenvalue weighted by molar-refractivity contribution is 6.04. The van der Waals surface area contributed by atoms with Crippen molar-refractivity contribution in [1.82, 2.24) is 20.5 Å². The lowest BCUT2D eigenvalue weighted by atomic mass is 10.1. The van der Waals surface area contributed by atoms with E-state index in [2.05, 4.69) is 15.6 Å². The molecular weight excluding hydrogens is 332 g/mol. The summed E-state index contributed by atoms with van der Waals surface area (Å²) >= 11 is 0. The first-order chi connectivity index (χ1) is 12.6. The molecule has 134 valence electrons. The van der Waals surface area contributed by atoms with Crippen molar-refractivity contribution in [3.8, 4) is 0 Å². The summed E-state index contributed by atoms with van der Waals surface area (Å²) in [5.41, 5.74) is 1.78. The van der Waals surface area contributed by atoms with Crippen LogP contribution in [0, 0.1) is 0 Å². The van der Waals surface area contributed by atoms with Crippen LogP contribution in [0.15, 0.2) is 54.9 Å². The van der Waals surface area contributed by atoms with E-state index in [-0.39, 0.29) is 31.2 Å². The van der Waals surface area contributed by atoms with Gasteiger partial charge in [-0.05, 0) is 23.6 Å². The van der Waals surface area contributed by atoms with Gasteiger partial charge in [0.05, 0.1) is 6.54 Å². The van der Waals surface area contributed by atoms with Gasteiger partial charge in [0.2, 0.25) is 5.91 Å². The zero-order valence-electron chi connectivity index (χ0n) is 14.2. The minimum absolute atomic E-state index is 0.163. The van der Waals surface area contributed by atoms with Gasteiger partial charge >= 0.3 is 6.03 Å². The molecule has 2 aromatic rings. The van der Waals surface area contributed by atoms with Gasteiger partial charge in [-0.3, -0.25) is 19.5 Å². The van der Waals surface area contributed by atoms with Crippen molar-refractivity contribution in [1.29, 1.82) is 0 Å². The number of hydrogen-bond donors (Lipinski definition) is 2. The third kappa shape index (κ3) is 4.44. The van der Waals surface area contributed by atoms with Gasteiger partial charge < -0.3 is 10.6 Å². The highest BCUT2D eigenvalue weighted by Gasteiger charge is 2.37. The second-order valence-electron chi connectivity index (χ2n) is 6.09. The number of imide groups is 1. The predicted octanol–water partition coefficient (Wildman–Crippen LogP) is 1.60. The molecule has 1 unspecified atom stereocenters. The summed E-state index contributed by atoms with van der Waals surface area (Å²) in [7, 11) is 0. The third-order valence-electron chi connectivity index (χ3n) is 4.16. The predicted molar refractivity (Wildman–Crippen MR) is 94.6 cm³/mol. The molecule has 26 heavy (non-hydrogen) atoms. The van der Waals surface area contributed by atoms with E-state index in [1.165, 1.54) is 4.90 Å². The highest BCUT2D eigenvalue weighted by atomic mass is 16.2. The Morgan fingerprint density at radius 2 is 1.88 bits per heavy atom. The second kappa shape index (κ2) is 8.24. The van der Waals surface area contributed by atoms with Crippen molar-refractivity contribution in [3.05, 3.63) is 66.0 Å². The van der Waals surface area contributed by atoms with Crippen LogP contribution >= 0.6 is 0 Å². The number of pyridine rings is 1. The summed E-state index contributed by atoms with van der Waals surface area (Å²) in [5, 5.41) is 5.43. The van der Waals surface area contributed by atoms with Crippen molar-refractivity contribution >= 4 is 17.8 Å². The molecular formula is C19H20N4O3. The normalized spacial score (nSPS) is 16.5. The zero-order valence-corrected chi connectivity index (χ0v) is 14.2. The fourth-order valence-corrected chi connectivity index (χ4v) is 2.76. The molecule has 4 amide bonds.